The van der Waals surface area contributed by atoms with E-state index in [-0.39, 0.29) is 6.04 Å². The lowest BCUT2D eigenvalue weighted by Gasteiger charge is -2.09. The van der Waals surface area contributed by atoms with Gasteiger partial charge in [-0.15, -0.1) is 0 Å². The van der Waals surface area contributed by atoms with Crippen molar-refractivity contribution in [3.63, 3.8) is 0 Å². The zero-order valence-electron chi connectivity index (χ0n) is 6.20. The highest BCUT2D eigenvalue weighted by molar-refractivity contribution is 5.40. The minimum atomic E-state index is -0.205. The minimum Gasteiger partial charge on any atom is -0.383 e. The molecule has 1 aromatic rings. The molecule has 6 N–H and O–H groups in total. The average molecular weight is 152 g/mol. The van der Waals surface area contributed by atoms with Crippen molar-refractivity contribution in [1.82, 2.24) is 4.98 Å². The van der Waals surface area contributed by atoms with Gasteiger partial charge in [-0.3, -0.25) is 0 Å². The smallest absolute Gasteiger partial charge is 0.128 e. The minimum absolute atomic E-state index is 0.205. The number of nitrogens with two attached hydrogens (primary N) is 3. The first-order chi connectivity index (χ1) is 5.25. The molecule has 4 heteroatoms. The predicted molar refractivity (Wildman–Crippen MR) is 44.6 cm³/mol. The van der Waals surface area contributed by atoms with Crippen molar-refractivity contribution in [3.05, 3.63) is 23.9 Å². The lowest BCUT2D eigenvalue weighted by atomic mass is 10.1. The van der Waals surface area contributed by atoms with Gasteiger partial charge in [0.15, 0.2) is 0 Å². The Balaban J connectivity index is 2.93. The van der Waals surface area contributed by atoms with Crippen molar-refractivity contribution in [2.24, 2.45) is 11.5 Å². The molecule has 11 heavy (non-hydrogen) atoms. The van der Waals surface area contributed by atoms with Gasteiger partial charge in [0.05, 0.1) is 0 Å². The number of hydrogen-bond acceptors (Lipinski definition) is 4. The Hall–Kier alpha value is -1.13. The molecule has 1 unspecified atom stereocenters. The fourth-order valence-corrected chi connectivity index (χ4v) is 0.870. The van der Waals surface area contributed by atoms with Gasteiger partial charge in [-0.1, -0.05) is 6.07 Å². The van der Waals surface area contributed by atoms with Crippen molar-refractivity contribution >= 4 is 5.82 Å². The van der Waals surface area contributed by atoms with Crippen LogP contribution >= 0.6 is 0 Å². The van der Waals surface area contributed by atoms with Crippen LogP contribution in [0.2, 0.25) is 0 Å². The Labute approximate surface area is 65.4 Å². The zero-order chi connectivity index (χ0) is 8.27. The van der Waals surface area contributed by atoms with Gasteiger partial charge >= 0.3 is 0 Å². The standard InChI is InChI=1S/C7H12N4/c8-4-6(9)5-2-1-3-11-7(5)10/h1-3,6H,4,8-9H2,(H2,10,11). The average Bonchev–Trinajstić information content (AvgIpc) is 2.04. The molecule has 1 heterocycles. The molecule has 0 aromatic carbocycles. The van der Waals surface area contributed by atoms with Gasteiger partial charge in [0.1, 0.15) is 5.82 Å². The number of nitrogens with zero attached hydrogens (tertiary/aromatic N) is 1. The first kappa shape index (κ1) is 7.97. The second-order valence-corrected chi connectivity index (χ2v) is 2.32. The summed E-state index contributed by atoms with van der Waals surface area (Å²) in [4.78, 5) is 3.89. The summed E-state index contributed by atoms with van der Waals surface area (Å²) < 4.78 is 0. The van der Waals surface area contributed by atoms with Crippen LogP contribution in [0.4, 0.5) is 5.82 Å². The molecule has 0 aliphatic rings. The van der Waals surface area contributed by atoms with Crippen molar-refractivity contribution in [2.45, 2.75) is 6.04 Å². The molecule has 0 spiro atoms. The molecular formula is C7H12N4. The molecule has 0 fully saturated rings. The van der Waals surface area contributed by atoms with Crippen LogP contribution in [-0.4, -0.2) is 11.5 Å². The van der Waals surface area contributed by atoms with Gasteiger partial charge in [-0.25, -0.2) is 4.98 Å². The summed E-state index contributed by atoms with van der Waals surface area (Å²) in [7, 11) is 0. The van der Waals surface area contributed by atoms with E-state index in [1.54, 1.807) is 12.3 Å². The normalized spacial score (nSPS) is 12.9. The Morgan fingerprint density at radius 3 is 2.82 bits per heavy atom. The van der Waals surface area contributed by atoms with Gasteiger partial charge in [0, 0.05) is 24.3 Å². The molecule has 0 saturated carbocycles. The van der Waals surface area contributed by atoms with Gasteiger partial charge in [-0.05, 0) is 6.07 Å². The van der Waals surface area contributed by atoms with E-state index in [2.05, 4.69) is 4.98 Å². The van der Waals surface area contributed by atoms with E-state index in [0.29, 0.717) is 12.4 Å². The van der Waals surface area contributed by atoms with Crippen molar-refractivity contribution in [3.8, 4) is 0 Å². The molecule has 0 amide bonds. The lowest BCUT2D eigenvalue weighted by molar-refractivity contribution is 0.736. The van der Waals surface area contributed by atoms with Crippen LogP contribution in [0.25, 0.3) is 0 Å². The van der Waals surface area contributed by atoms with E-state index in [1.165, 1.54) is 0 Å². The van der Waals surface area contributed by atoms with Crippen LogP contribution < -0.4 is 17.2 Å². The fraction of sp³-hybridized carbons (Fsp3) is 0.286. The maximum atomic E-state index is 5.65. The zero-order valence-corrected chi connectivity index (χ0v) is 6.20. The quantitative estimate of drug-likeness (QED) is 0.539. The van der Waals surface area contributed by atoms with Crippen LogP contribution in [0.15, 0.2) is 18.3 Å². The van der Waals surface area contributed by atoms with E-state index in [1.807, 2.05) is 6.07 Å². The number of anilines is 1. The number of rotatable bonds is 2. The number of pyridine rings is 1. The molecule has 60 valence electrons. The second kappa shape index (κ2) is 3.32. The molecule has 1 atom stereocenters. The van der Waals surface area contributed by atoms with E-state index < -0.39 is 0 Å². The summed E-state index contributed by atoms with van der Waals surface area (Å²) in [6, 6.07) is 3.42. The fourth-order valence-electron chi connectivity index (χ4n) is 0.870. The third-order valence-corrected chi connectivity index (χ3v) is 1.52. The molecule has 0 bridgehead atoms. The summed E-state index contributed by atoms with van der Waals surface area (Å²) in [5.74, 6) is 0.463. The molecule has 0 radical (unpaired) electrons. The van der Waals surface area contributed by atoms with E-state index in [4.69, 9.17) is 17.2 Å². The van der Waals surface area contributed by atoms with Crippen LogP contribution in [0.5, 0.6) is 0 Å². The first-order valence-corrected chi connectivity index (χ1v) is 3.41. The molecule has 1 rings (SSSR count). The monoisotopic (exact) mass is 152 g/mol. The summed E-state index contributed by atoms with van der Waals surface area (Å²) in [5, 5.41) is 0. The van der Waals surface area contributed by atoms with Crippen LogP contribution in [-0.2, 0) is 0 Å². The molecule has 0 saturated heterocycles. The lowest BCUT2D eigenvalue weighted by Crippen LogP contribution is -2.22. The molecule has 1 aromatic heterocycles. The van der Waals surface area contributed by atoms with E-state index in [0.717, 1.165) is 5.56 Å². The number of hydrogen-bond donors (Lipinski definition) is 3. The van der Waals surface area contributed by atoms with Gasteiger partial charge in [0.2, 0.25) is 0 Å². The maximum Gasteiger partial charge on any atom is 0.128 e. The van der Waals surface area contributed by atoms with Crippen molar-refractivity contribution in [1.29, 1.82) is 0 Å². The third kappa shape index (κ3) is 1.66. The van der Waals surface area contributed by atoms with Crippen LogP contribution in [0.3, 0.4) is 0 Å². The SMILES string of the molecule is NCC(N)c1cccnc1N. The van der Waals surface area contributed by atoms with Crippen molar-refractivity contribution < 1.29 is 0 Å². The highest BCUT2D eigenvalue weighted by Crippen LogP contribution is 2.13. The van der Waals surface area contributed by atoms with E-state index >= 15 is 0 Å². The van der Waals surface area contributed by atoms with Crippen LogP contribution in [0, 0.1) is 0 Å². The summed E-state index contributed by atoms with van der Waals surface area (Å²) in [5.41, 5.74) is 17.4. The van der Waals surface area contributed by atoms with Crippen LogP contribution in [0.1, 0.15) is 11.6 Å². The molecule has 4 nitrogen and oxygen atoms in total. The number of aromatic nitrogens is 1. The largest absolute Gasteiger partial charge is 0.383 e. The Morgan fingerprint density at radius 2 is 2.27 bits per heavy atom. The van der Waals surface area contributed by atoms with Gasteiger partial charge < -0.3 is 17.2 Å². The summed E-state index contributed by atoms with van der Waals surface area (Å²) in [6.07, 6.45) is 1.63. The highest BCUT2D eigenvalue weighted by atomic mass is 14.8. The molecule has 0 aliphatic heterocycles. The topological polar surface area (TPSA) is 91.0 Å². The summed E-state index contributed by atoms with van der Waals surface area (Å²) in [6.45, 7) is 0.385. The van der Waals surface area contributed by atoms with Gasteiger partial charge in [-0.2, -0.15) is 0 Å². The van der Waals surface area contributed by atoms with Crippen molar-refractivity contribution in [2.75, 3.05) is 12.3 Å². The predicted octanol–water partition coefficient (Wildman–Crippen LogP) is -0.378. The van der Waals surface area contributed by atoms with E-state index in [9.17, 15) is 0 Å². The summed E-state index contributed by atoms with van der Waals surface area (Å²) >= 11 is 0. The van der Waals surface area contributed by atoms with Gasteiger partial charge in [0.25, 0.3) is 0 Å². The maximum absolute atomic E-state index is 5.65. The molecule has 0 aliphatic carbocycles. The Bertz CT molecular complexity index is 236. The first-order valence-electron chi connectivity index (χ1n) is 3.41. The number of nitrogen functional groups attached to an aromatic ring is 1. The molecular weight excluding hydrogens is 140 g/mol. The Kier molecular flexibility index (Phi) is 2.40. The Morgan fingerprint density at radius 1 is 1.55 bits per heavy atom. The third-order valence-electron chi connectivity index (χ3n) is 1.52. The highest BCUT2D eigenvalue weighted by Gasteiger charge is 2.06. The second-order valence-electron chi connectivity index (χ2n) is 2.32.